The summed E-state index contributed by atoms with van der Waals surface area (Å²) in [5, 5.41) is 18.7. The third kappa shape index (κ3) is 2.30. The fourth-order valence-electron chi connectivity index (χ4n) is 2.03. The summed E-state index contributed by atoms with van der Waals surface area (Å²) in [7, 11) is 0. The van der Waals surface area contributed by atoms with Crippen LogP contribution < -0.4 is 0 Å². The monoisotopic (exact) mass is 316 g/mol. The first-order valence-electron chi connectivity index (χ1n) is 6.24. The van der Waals surface area contributed by atoms with E-state index in [1.54, 1.807) is 10.7 Å². The van der Waals surface area contributed by atoms with Gasteiger partial charge in [-0.3, -0.25) is 4.68 Å². The van der Waals surface area contributed by atoms with Gasteiger partial charge in [0.1, 0.15) is 5.01 Å². The number of benzene rings is 1. The SMILES string of the molecule is Clc1ccc(-c2nnc3sc(Cn4cccn4)nn23)cc1. The zero-order chi connectivity index (χ0) is 14.2. The molecule has 0 amide bonds. The van der Waals surface area contributed by atoms with Gasteiger partial charge in [-0.05, 0) is 30.3 Å². The van der Waals surface area contributed by atoms with Crippen LogP contribution in [0.1, 0.15) is 5.01 Å². The summed E-state index contributed by atoms with van der Waals surface area (Å²) >= 11 is 7.41. The van der Waals surface area contributed by atoms with Crippen LogP contribution >= 0.6 is 22.9 Å². The van der Waals surface area contributed by atoms with Crippen molar-refractivity contribution in [2.75, 3.05) is 0 Å². The third-order valence-corrected chi connectivity index (χ3v) is 4.13. The molecule has 3 aromatic heterocycles. The molecule has 1 aromatic carbocycles. The Hall–Kier alpha value is -2.25. The number of nitrogens with zero attached hydrogens (tertiary/aromatic N) is 6. The zero-order valence-electron chi connectivity index (χ0n) is 10.7. The molecule has 0 fully saturated rings. The minimum Gasteiger partial charge on any atom is -0.266 e. The molecule has 6 nitrogen and oxygen atoms in total. The van der Waals surface area contributed by atoms with Gasteiger partial charge in [-0.2, -0.15) is 14.7 Å². The van der Waals surface area contributed by atoms with E-state index >= 15 is 0 Å². The molecular formula is C13H9ClN6S. The quantitative estimate of drug-likeness (QED) is 0.583. The second-order valence-corrected chi connectivity index (χ2v) is 5.90. The maximum Gasteiger partial charge on any atom is 0.235 e. The molecule has 0 saturated heterocycles. The predicted octanol–water partition coefficient (Wildman–Crippen LogP) is 2.75. The average molecular weight is 317 g/mol. The van der Waals surface area contributed by atoms with Crippen LogP contribution in [0, 0.1) is 0 Å². The fraction of sp³-hybridized carbons (Fsp3) is 0.0769. The van der Waals surface area contributed by atoms with Crippen LogP contribution in [0.15, 0.2) is 42.7 Å². The second-order valence-electron chi connectivity index (χ2n) is 4.42. The van der Waals surface area contributed by atoms with Crippen molar-refractivity contribution >= 4 is 27.9 Å². The molecule has 0 aliphatic rings. The second kappa shape index (κ2) is 4.94. The maximum atomic E-state index is 5.91. The Morgan fingerprint density at radius 3 is 2.76 bits per heavy atom. The molecule has 0 aliphatic heterocycles. The van der Waals surface area contributed by atoms with E-state index in [2.05, 4.69) is 20.4 Å². The van der Waals surface area contributed by atoms with Crippen LogP contribution in [-0.4, -0.2) is 29.6 Å². The van der Waals surface area contributed by atoms with Crippen molar-refractivity contribution in [1.29, 1.82) is 0 Å². The number of hydrogen-bond donors (Lipinski definition) is 0. The van der Waals surface area contributed by atoms with Gasteiger partial charge in [0.25, 0.3) is 0 Å². The Bertz CT molecular complexity index is 877. The van der Waals surface area contributed by atoms with Gasteiger partial charge in [0.15, 0.2) is 5.82 Å². The van der Waals surface area contributed by atoms with Gasteiger partial charge in [0, 0.05) is 23.0 Å². The molecule has 3 heterocycles. The Morgan fingerprint density at radius 1 is 1.14 bits per heavy atom. The van der Waals surface area contributed by atoms with Crippen LogP contribution in [0.5, 0.6) is 0 Å². The molecule has 104 valence electrons. The van der Waals surface area contributed by atoms with E-state index in [1.165, 1.54) is 11.3 Å². The average Bonchev–Trinajstić information content (AvgIpc) is 3.17. The largest absolute Gasteiger partial charge is 0.266 e. The van der Waals surface area contributed by atoms with E-state index in [9.17, 15) is 0 Å². The summed E-state index contributed by atoms with van der Waals surface area (Å²) < 4.78 is 3.58. The van der Waals surface area contributed by atoms with E-state index in [0.717, 1.165) is 15.5 Å². The minimum atomic E-state index is 0.626. The van der Waals surface area contributed by atoms with Crippen LogP contribution in [0.4, 0.5) is 0 Å². The minimum absolute atomic E-state index is 0.626. The molecule has 0 radical (unpaired) electrons. The summed E-state index contributed by atoms with van der Waals surface area (Å²) in [5.41, 5.74) is 0.933. The van der Waals surface area contributed by atoms with Crippen molar-refractivity contribution in [3.05, 3.63) is 52.8 Å². The molecule has 0 atom stereocenters. The van der Waals surface area contributed by atoms with Crippen LogP contribution in [0.25, 0.3) is 16.3 Å². The first-order chi connectivity index (χ1) is 10.3. The molecule has 0 unspecified atom stereocenters. The van der Waals surface area contributed by atoms with Gasteiger partial charge < -0.3 is 0 Å². The highest BCUT2D eigenvalue weighted by Crippen LogP contribution is 2.23. The van der Waals surface area contributed by atoms with Crippen molar-refractivity contribution in [3.8, 4) is 11.4 Å². The highest BCUT2D eigenvalue weighted by molar-refractivity contribution is 7.16. The lowest BCUT2D eigenvalue weighted by Gasteiger charge is -1.97. The number of aromatic nitrogens is 6. The molecule has 4 aromatic rings. The van der Waals surface area contributed by atoms with Crippen molar-refractivity contribution in [2.24, 2.45) is 0 Å². The van der Waals surface area contributed by atoms with Crippen molar-refractivity contribution in [2.45, 2.75) is 6.54 Å². The smallest absolute Gasteiger partial charge is 0.235 e. The Labute approximate surface area is 128 Å². The summed E-state index contributed by atoms with van der Waals surface area (Å²) in [5.74, 6) is 0.713. The van der Waals surface area contributed by atoms with E-state index < -0.39 is 0 Å². The lowest BCUT2D eigenvalue weighted by atomic mass is 10.2. The van der Waals surface area contributed by atoms with Gasteiger partial charge in [0.2, 0.25) is 4.96 Å². The molecule has 21 heavy (non-hydrogen) atoms. The third-order valence-electron chi connectivity index (χ3n) is 2.99. The standard InChI is InChI=1S/C13H9ClN6S/c14-10-4-2-9(3-5-10)12-16-17-13-20(12)18-11(21-13)8-19-7-1-6-15-19/h1-7H,8H2. The maximum absolute atomic E-state index is 5.91. The van der Waals surface area contributed by atoms with Crippen LogP contribution in [0.3, 0.4) is 0 Å². The van der Waals surface area contributed by atoms with E-state index in [1.807, 2.05) is 41.2 Å². The van der Waals surface area contributed by atoms with Gasteiger partial charge in [-0.1, -0.05) is 22.9 Å². The van der Waals surface area contributed by atoms with Crippen LogP contribution in [-0.2, 0) is 6.54 Å². The first kappa shape index (κ1) is 12.5. The molecule has 4 rings (SSSR count). The number of hydrogen-bond acceptors (Lipinski definition) is 5. The van der Waals surface area contributed by atoms with Crippen LogP contribution in [0.2, 0.25) is 5.02 Å². The molecular weight excluding hydrogens is 308 g/mol. The normalized spacial score (nSPS) is 11.3. The fourth-order valence-corrected chi connectivity index (χ4v) is 2.98. The number of rotatable bonds is 3. The van der Waals surface area contributed by atoms with E-state index in [-0.39, 0.29) is 0 Å². The Balaban J connectivity index is 1.74. The summed E-state index contributed by atoms with van der Waals surface area (Å²) in [6, 6.07) is 9.36. The van der Waals surface area contributed by atoms with Gasteiger partial charge in [-0.25, -0.2) is 0 Å². The Kier molecular flexibility index (Phi) is 2.94. The Morgan fingerprint density at radius 2 is 2.00 bits per heavy atom. The highest BCUT2D eigenvalue weighted by atomic mass is 35.5. The van der Waals surface area contributed by atoms with Crippen molar-refractivity contribution < 1.29 is 0 Å². The molecule has 0 spiro atoms. The predicted molar refractivity (Wildman–Crippen MR) is 80.4 cm³/mol. The van der Waals surface area contributed by atoms with E-state index in [4.69, 9.17) is 11.6 Å². The van der Waals surface area contributed by atoms with Crippen molar-refractivity contribution in [3.63, 3.8) is 0 Å². The molecule has 0 bridgehead atoms. The summed E-state index contributed by atoms with van der Waals surface area (Å²) in [4.78, 5) is 0.766. The summed E-state index contributed by atoms with van der Waals surface area (Å²) in [6.45, 7) is 0.626. The number of fused-ring (bicyclic) bond motifs is 1. The van der Waals surface area contributed by atoms with Gasteiger partial charge in [0.05, 0.1) is 6.54 Å². The molecule has 8 heteroatoms. The lowest BCUT2D eigenvalue weighted by molar-refractivity contribution is 0.673. The lowest BCUT2D eigenvalue weighted by Crippen LogP contribution is -2.00. The zero-order valence-corrected chi connectivity index (χ0v) is 12.3. The topological polar surface area (TPSA) is 60.9 Å². The highest BCUT2D eigenvalue weighted by Gasteiger charge is 2.13. The molecule has 0 N–H and O–H groups in total. The van der Waals surface area contributed by atoms with Gasteiger partial charge in [-0.15, -0.1) is 10.2 Å². The molecule has 0 saturated carbocycles. The van der Waals surface area contributed by atoms with Crippen molar-refractivity contribution in [1.82, 2.24) is 29.6 Å². The first-order valence-corrected chi connectivity index (χ1v) is 7.43. The molecule has 0 aliphatic carbocycles. The van der Waals surface area contributed by atoms with E-state index in [0.29, 0.717) is 17.4 Å². The summed E-state index contributed by atoms with van der Waals surface area (Å²) in [6.07, 6.45) is 3.65. The van der Waals surface area contributed by atoms with Gasteiger partial charge >= 0.3 is 0 Å². The number of halogens is 1.